The lowest BCUT2D eigenvalue weighted by Gasteiger charge is -2.39. The molecule has 0 spiro atoms. The smallest absolute Gasteiger partial charge is 0.101 e. The van der Waals surface area contributed by atoms with E-state index in [2.05, 4.69) is 12.8 Å². The second-order valence-corrected chi connectivity index (χ2v) is 7.76. The standard InChI is InChI=1S/C13H23NOS/c1-6-10-14(16(15)13(3,4)5)11(2)12-8-7-9-12/h1,11-12H,7-10H2,2-5H3/t11-,16-/m0/s1. The second-order valence-electron chi connectivity index (χ2n) is 5.57. The van der Waals surface area contributed by atoms with Crippen molar-refractivity contribution in [1.82, 2.24) is 4.31 Å². The van der Waals surface area contributed by atoms with Crippen LogP contribution in [-0.2, 0) is 11.0 Å². The van der Waals surface area contributed by atoms with Crippen LogP contribution in [0.2, 0.25) is 0 Å². The molecule has 1 rings (SSSR count). The Kier molecular flexibility index (Phi) is 4.58. The van der Waals surface area contributed by atoms with Gasteiger partial charge in [0.05, 0.1) is 11.3 Å². The van der Waals surface area contributed by atoms with E-state index >= 15 is 0 Å². The zero-order valence-electron chi connectivity index (χ0n) is 10.8. The lowest BCUT2D eigenvalue weighted by Crippen LogP contribution is -2.47. The molecule has 0 aromatic rings. The third kappa shape index (κ3) is 3.09. The maximum absolute atomic E-state index is 12.4. The summed E-state index contributed by atoms with van der Waals surface area (Å²) in [7, 11) is -1.00. The summed E-state index contributed by atoms with van der Waals surface area (Å²) < 4.78 is 14.1. The van der Waals surface area contributed by atoms with Crippen molar-refractivity contribution < 1.29 is 4.21 Å². The van der Waals surface area contributed by atoms with Gasteiger partial charge in [-0.1, -0.05) is 12.3 Å². The van der Waals surface area contributed by atoms with E-state index in [-0.39, 0.29) is 4.75 Å². The van der Waals surface area contributed by atoms with Gasteiger partial charge in [0.25, 0.3) is 0 Å². The number of rotatable bonds is 4. The molecule has 0 heterocycles. The fourth-order valence-electron chi connectivity index (χ4n) is 1.95. The largest absolute Gasteiger partial charge is 0.242 e. The van der Waals surface area contributed by atoms with Gasteiger partial charge < -0.3 is 0 Å². The van der Waals surface area contributed by atoms with Gasteiger partial charge in [-0.2, -0.15) is 0 Å². The van der Waals surface area contributed by atoms with Crippen LogP contribution in [0.25, 0.3) is 0 Å². The van der Waals surface area contributed by atoms with Crippen LogP contribution in [0.4, 0.5) is 0 Å². The third-order valence-corrected chi connectivity index (χ3v) is 5.21. The molecule has 16 heavy (non-hydrogen) atoms. The molecule has 0 bridgehead atoms. The first-order valence-electron chi connectivity index (χ1n) is 6.00. The minimum Gasteiger partial charge on any atom is -0.242 e. The van der Waals surface area contributed by atoms with Gasteiger partial charge in [-0.3, -0.25) is 0 Å². The van der Waals surface area contributed by atoms with Crippen LogP contribution in [-0.4, -0.2) is 25.8 Å². The molecule has 1 aliphatic carbocycles. The molecule has 0 aromatic heterocycles. The van der Waals surface area contributed by atoms with Crippen molar-refractivity contribution in [1.29, 1.82) is 0 Å². The summed E-state index contributed by atoms with van der Waals surface area (Å²) in [4.78, 5) is 0. The molecular formula is C13H23NOS. The minimum absolute atomic E-state index is 0.227. The summed E-state index contributed by atoms with van der Waals surface area (Å²) in [5, 5.41) is 0. The second kappa shape index (κ2) is 5.33. The van der Waals surface area contributed by atoms with Gasteiger partial charge in [0.2, 0.25) is 0 Å². The van der Waals surface area contributed by atoms with Gasteiger partial charge in [-0.05, 0) is 46.5 Å². The van der Waals surface area contributed by atoms with E-state index in [9.17, 15) is 4.21 Å². The molecule has 0 aromatic carbocycles. The predicted octanol–water partition coefficient (Wildman–Crippen LogP) is 2.57. The molecule has 0 saturated heterocycles. The molecule has 2 atom stereocenters. The van der Waals surface area contributed by atoms with Crippen molar-refractivity contribution in [2.24, 2.45) is 5.92 Å². The average molecular weight is 241 g/mol. The van der Waals surface area contributed by atoms with Crippen molar-refractivity contribution in [2.45, 2.75) is 57.7 Å². The van der Waals surface area contributed by atoms with Crippen molar-refractivity contribution in [3.05, 3.63) is 0 Å². The summed E-state index contributed by atoms with van der Waals surface area (Å²) in [6, 6.07) is 0.338. The highest BCUT2D eigenvalue weighted by Crippen LogP contribution is 2.33. The molecule has 1 fully saturated rings. The summed E-state index contributed by atoms with van der Waals surface area (Å²) in [6.45, 7) is 8.65. The highest BCUT2D eigenvalue weighted by atomic mass is 32.2. The summed E-state index contributed by atoms with van der Waals surface area (Å²) in [6.07, 6.45) is 9.20. The molecule has 0 amide bonds. The lowest BCUT2D eigenvalue weighted by molar-refractivity contribution is 0.187. The summed E-state index contributed by atoms with van der Waals surface area (Å²) in [5.41, 5.74) is 0. The molecule has 0 aliphatic heterocycles. The van der Waals surface area contributed by atoms with E-state index in [1.165, 1.54) is 19.3 Å². The third-order valence-electron chi connectivity index (χ3n) is 3.27. The first kappa shape index (κ1) is 13.7. The van der Waals surface area contributed by atoms with Gasteiger partial charge in [0, 0.05) is 6.04 Å². The van der Waals surface area contributed by atoms with Crippen molar-refractivity contribution in [3.8, 4) is 12.3 Å². The van der Waals surface area contributed by atoms with Crippen LogP contribution < -0.4 is 0 Å². The van der Waals surface area contributed by atoms with Crippen molar-refractivity contribution in [3.63, 3.8) is 0 Å². The van der Waals surface area contributed by atoms with Gasteiger partial charge >= 0.3 is 0 Å². The lowest BCUT2D eigenvalue weighted by atomic mass is 9.80. The molecule has 0 unspecified atom stereocenters. The highest BCUT2D eigenvalue weighted by Gasteiger charge is 2.34. The maximum atomic E-state index is 12.4. The van der Waals surface area contributed by atoms with E-state index in [1.807, 2.05) is 25.1 Å². The Labute approximate surface area is 102 Å². The predicted molar refractivity (Wildman–Crippen MR) is 70.2 cm³/mol. The first-order chi connectivity index (χ1) is 7.38. The maximum Gasteiger partial charge on any atom is 0.101 e. The molecular weight excluding hydrogens is 218 g/mol. The van der Waals surface area contributed by atoms with Crippen molar-refractivity contribution >= 4 is 11.0 Å². The topological polar surface area (TPSA) is 20.3 Å². The highest BCUT2D eigenvalue weighted by molar-refractivity contribution is 7.84. The van der Waals surface area contributed by atoms with Crippen molar-refractivity contribution in [2.75, 3.05) is 6.54 Å². The van der Waals surface area contributed by atoms with E-state index < -0.39 is 11.0 Å². The molecule has 0 N–H and O–H groups in total. The van der Waals surface area contributed by atoms with E-state index in [1.54, 1.807) is 0 Å². The fourth-order valence-corrected chi connectivity index (χ4v) is 3.32. The number of terminal acetylenes is 1. The van der Waals surface area contributed by atoms with E-state index in [0.29, 0.717) is 18.5 Å². The Morgan fingerprint density at radius 3 is 2.38 bits per heavy atom. The monoisotopic (exact) mass is 241 g/mol. The molecule has 0 radical (unpaired) electrons. The number of hydrogen-bond donors (Lipinski definition) is 0. The first-order valence-corrected chi connectivity index (χ1v) is 7.10. The normalized spacial score (nSPS) is 21.2. The van der Waals surface area contributed by atoms with Crippen LogP contribution in [0, 0.1) is 18.3 Å². The summed E-state index contributed by atoms with van der Waals surface area (Å²) in [5.74, 6) is 3.32. The van der Waals surface area contributed by atoms with Gasteiger partial charge in [0.1, 0.15) is 11.0 Å². The van der Waals surface area contributed by atoms with Gasteiger partial charge in [0.15, 0.2) is 0 Å². The number of nitrogens with zero attached hydrogens (tertiary/aromatic N) is 1. The number of hydrogen-bond acceptors (Lipinski definition) is 1. The average Bonchev–Trinajstić information content (AvgIpc) is 2.08. The molecule has 3 heteroatoms. The summed E-state index contributed by atoms with van der Waals surface area (Å²) >= 11 is 0. The van der Waals surface area contributed by atoms with Crippen LogP contribution in [0.1, 0.15) is 47.0 Å². The molecule has 1 aliphatic rings. The quantitative estimate of drug-likeness (QED) is 0.693. The van der Waals surface area contributed by atoms with E-state index in [4.69, 9.17) is 6.42 Å². The van der Waals surface area contributed by atoms with E-state index in [0.717, 1.165) is 0 Å². The molecule has 92 valence electrons. The fraction of sp³-hybridized carbons (Fsp3) is 0.846. The van der Waals surface area contributed by atoms with Gasteiger partial charge in [-0.25, -0.2) is 8.51 Å². The van der Waals surface area contributed by atoms with Gasteiger partial charge in [-0.15, -0.1) is 6.42 Å². The van der Waals surface area contributed by atoms with Crippen LogP contribution in [0.5, 0.6) is 0 Å². The Morgan fingerprint density at radius 2 is 2.06 bits per heavy atom. The van der Waals surface area contributed by atoms with Crippen LogP contribution in [0.15, 0.2) is 0 Å². The Hall–Kier alpha value is -0.330. The van der Waals surface area contributed by atoms with Crippen LogP contribution >= 0.6 is 0 Å². The zero-order chi connectivity index (χ0) is 12.3. The van der Waals surface area contributed by atoms with Crippen LogP contribution in [0.3, 0.4) is 0 Å². The Morgan fingerprint density at radius 1 is 1.50 bits per heavy atom. The SMILES string of the molecule is C#CCN([C@@H](C)C1CCC1)[S@@](=O)C(C)(C)C. The molecule has 2 nitrogen and oxygen atoms in total. The Balaban J connectivity index is 2.73. The Bertz CT molecular complexity index is 296. The zero-order valence-corrected chi connectivity index (χ0v) is 11.6. The molecule has 1 saturated carbocycles. The minimum atomic E-state index is -1.00.